The molecule has 0 aliphatic rings. The lowest BCUT2D eigenvalue weighted by molar-refractivity contribution is -0.114. The number of benzene rings is 1. The molecule has 0 amide bonds. The number of carbonyl (C=O) groups is 1. The summed E-state index contributed by atoms with van der Waals surface area (Å²) >= 11 is 3.74. The third-order valence-electron chi connectivity index (χ3n) is 1.91. The molecule has 1 aromatic rings. The van der Waals surface area contributed by atoms with E-state index in [1.807, 2.05) is 30.3 Å². The molecule has 0 spiro atoms. The van der Waals surface area contributed by atoms with Gasteiger partial charge in [0.05, 0.1) is 12.0 Å². The van der Waals surface area contributed by atoms with Gasteiger partial charge in [0.25, 0.3) is 0 Å². The Kier molecular flexibility index (Phi) is 3.51. The number of hydrogen-bond acceptors (Lipinski definition) is 2. The first-order valence-electron chi connectivity index (χ1n) is 4.08. The van der Waals surface area contributed by atoms with E-state index in [-0.39, 0.29) is 5.12 Å². The van der Waals surface area contributed by atoms with Gasteiger partial charge in [-0.2, -0.15) is 0 Å². The van der Waals surface area contributed by atoms with E-state index < -0.39 is 12.0 Å². The van der Waals surface area contributed by atoms with Crippen LogP contribution in [0.5, 0.6) is 0 Å². The fraction of sp³-hybridized carbons (Fsp3) is 0.300. The fourth-order valence-corrected chi connectivity index (χ4v) is 1.65. The molecule has 0 aliphatic carbocycles. The van der Waals surface area contributed by atoms with E-state index >= 15 is 0 Å². The van der Waals surface area contributed by atoms with E-state index in [1.54, 1.807) is 6.92 Å². The number of thiol groups is 1. The van der Waals surface area contributed by atoms with E-state index in [0.717, 1.165) is 5.56 Å². The molecule has 13 heavy (non-hydrogen) atoms. The Morgan fingerprint density at radius 1 is 1.38 bits per heavy atom. The molecule has 0 heterocycles. The number of carbonyl (C=O) groups excluding carboxylic acids is 1. The Balaban J connectivity index is 2.96. The second-order valence-electron chi connectivity index (χ2n) is 2.97. The van der Waals surface area contributed by atoms with Gasteiger partial charge < -0.3 is 5.11 Å². The molecule has 0 fully saturated rings. The average molecular weight is 196 g/mol. The highest BCUT2D eigenvalue weighted by Crippen LogP contribution is 2.21. The summed E-state index contributed by atoms with van der Waals surface area (Å²) in [4.78, 5) is 11.1. The van der Waals surface area contributed by atoms with Crippen LogP contribution in [0.1, 0.15) is 18.4 Å². The van der Waals surface area contributed by atoms with Gasteiger partial charge >= 0.3 is 0 Å². The highest BCUT2D eigenvalue weighted by Gasteiger charge is 2.22. The van der Waals surface area contributed by atoms with Crippen LogP contribution in [0.4, 0.5) is 0 Å². The van der Waals surface area contributed by atoms with Crippen molar-refractivity contribution < 1.29 is 9.90 Å². The predicted molar refractivity (Wildman–Crippen MR) is 54.9 cm³/mol. The van der Waals surface area contributed by atoms with Gasteiger partial charge in [-0.3, -0.25) is 4.79 Å². The summed E-state index contributed by atoms with van der Waals surface area (Å²) in [6.45, 7) is 1.59. The smallest absolute Gasteiger partial charge is 0.195 e. The highest BCUT2D eigenvalue weighted by atomic mass is 32.1. The number of aliphatic hydroxyl groups excluding tert-OH is 1. The van der Waals surface area contributed by atoms with Gasteiger partial charge in [0.2, 0.25) is 0 Å². The highest BCUT2D eigenvalue weighted by molar-refractivity contribution is 7.96. The normalized spacial score (nSPS) is 15.0. The quantitative estimate of drug-likeness (QED) is 0.721. The number of aliphatic hydroxyl groups is 1. The van der Waals surface area contributed by atoms with Crippen molar-refractivity contribution >= 4 is 17.7 Å². The van der Waals surface area contributed by atoms with Gasteiger partial charge in [-0.05, 0) is 12.5 Å². The van der Waals surface area contributed by atoms with Crippen molar-refractivity contribution in [3.63, 3.8) is 0 Å². The third-order valence-corrected chi connectivity index (χ3v) is 2.19. The van der Waals surface area contributed by atoms with E-state index in [1.165, 1.54) is 0 Å². The summed E-state index contributed by atoms with van der Waals surface area (Å²) in [7, 11) is 0. The minimum Gasteiger partial charge on any atom is -0.392 e. The van der Waals surface area contributed by atoms with Gasteiger partial charge in [0.15, 0.2) is 5.12 Å². The minimum absolute atomic E-state index is 0.304. The number of hydrogen-bond donors (Lipinski definition) is 2. The van der Waals surface area contributed by atoms with Crippen molar-refractivity contribution in [2.75, 3.05) is 0 Å². The summed E-state index contributed by atoms with van der Waals surface area (Å²) in [6, 6.07) is 9.16. The van der Waals surface area contributed by atoms with Crippen molar-refractivity contribution in [2.45, 2.75) is 18.9 Å². The van der Waals surface area contributed by atoms with Crippen LogP contribution in [0.25, 0.3) is 0 Å². The van der Waals surface area contributed by atoms with E-state index in [9.17, 15) is 9.90 Å². The first-order chi connectivity index (χ1) is 6.13. The van der Waals surface area contributed by atoms with Crippen molar-refractivity contribution in [2.24, 2.45) is 0 Å². The zero-order chi connectivity index (χ0) is 9.84. The van der Waals surface area contributed by atoms with E-state index in [4.69, 9.17) is 0 Å². The monoisotopic (exact) mass is 196 g/mol. The molecule has 0 radical (unpaired) electrons. The van der Waals surface area contributed by atoms with Crippen LogP contribution >= 0.6 is 12.6 Å². The molecule has 1 N–H and O–H groups in total. The zero-order valence-electron chi connectivity index (χ0n) is 7.34. The zero-order valence-corrected chi connectivity index (χ0v) is 8.24. The van der Waals surface area contributed by atoms with E-state index in [0.29, 0.717) is 0 Å². The second kappa shape index (κ2) is 4.44. The summed E-state index contributed by atoms with van der Waals surface area (Å²) in [5.74, 6) is -0.524. The fourth-order valence-electron chi connectivity index (χ4n) is 1.29. The minimum atomic E-state index is -0.701. The SMILES string of the molecule is CC(O)C(C(=O)S)c1ccccc1. The molecule has 1 aromatic carbocycles. The summed E-state index contributed by atoms with van der Waals surface area (Å²) in [5.41, 5.74) is 0.803. The molecule has 2 atom stereocenters. The molecule has 0 saturated carbocycles. The second-order valence-corrected chi connectivity index (χ2v) is 3.41. The van der Waals surface area contributed by atoms with E-state index in [2.05, 4.69) is 12.6 Å². The first-order valence-corrected chi connectivity index (χ1v) is 4.53. The summed E-state index contributed by atoms with van der Waals surface area (Å²) in [5, 5.41) is 9.06. The van der Waals surface area contributed by atoms with Crippen molar-refractivity contribution in [3.05, 3.63) is 35.9 Å². The topological polar surface area (TPSA) is 37.3 Å². The van der Waals surface area contributed by atoms with Crippen molar-refractivity contribution in [1.29, 1.82) is 0 Å². The van der Waals surface area contributed by atoms with Crippen LogP contribution in [0.2, 0.25) is 0 Å². The molecular formula is C10H12O2S. The number of rotatable bonds is 3. The maximum absolute atomic E-state index is 11.1. The Bertz CT molecular complexity index is 282. The summed E-state index contributed by atoms with van der Waals surface area (Å²) in [6.07, 6.45) is -0.701. The lowest BCUT2D eigenvalue weighted by atomic mass is 9.96. The third kappa shape index (κ3) is 2.57. The Morgan fingerprint density at radius 2 is 1.92 bits per heavy atom. The predicted octanol–water partition coefficient (Wildman–Crippen LogP) is 1.61. The van der Waals surface area contributed by atoms with Gasteiger partial charge in [-0.25, -0.2) is 0 Å². The van der Waals surface area contributed by atoms with Crippen LogP contribution in [0.15, 0.2) is 30.3 Å². The Morgan fingerprint density at radius 3 is 2.31 bits per heavy atom. The maximum atomic E-state index is 11.1. The molecule has 0 bridgehead atoms. The molecule has 2 unspecified atom stereocenters. The molecule has 0 aromatic heterocycles. The van der Waals surface area contributed by atoms with Crippen LogP contribution < -0.4 is 0 Å². The molecule has 1 rings (SSSR count). The maximum Gasteiger partial charge on any atom is 0.195 e. The van der Waals surface area contributed by atoms with Gasteiger partial charge in [0.1, 0.15) is 0 Å². The van der Waals surface area contributed by atoms with Crippen molar-refractivity contribution in [3.8, 4) is 0 Å². The lowest BCUT2D eigenvalue weighted by Crippen LogP contribution is -2.20. The molecule has 0 saturated heterocycles. The Hall–Kier alpha value is -0.800. The Labute approximate surface area is 83.0 Å². The van der Waals surface area contributed by atoms with Gasteiger partial charge in [0, 0.05) is 0 Å². The average Bonchev–Trinajstić information content (AvgIpc) is 2.04. The summed E-state index contributed by atoms with van der Waals surface area (Å²) < 4.78 is 0. The van der Waals surface area contributed by atoms with Crippen LogP contribution in [-0.4, -0.2) is 16.3 Å². The largest absolute Gasteiger partial charge is 0.392 e. The molecular weight excluding hydrogens is 184 g/mol. The molecule has 2 nitrogen and oxygen atoms in total. The first kappa shape index (κ1) is 10.3. The molecule has 70 valence electrons. The standard InChI is InChI=1S/C10H12O2S/c1-7(11)9(10(12)13)8-5-3-2-4-6-8/h2-7,9,11H,1H3,(H,12,13). The van der Waals surface area contributed by atoms with Gasteiger partial charge in [-0.1, -0.05) is 30.3 Å². The van der Waals surface area contributed by atoms with Gasteiger partial charge in [-0.15, -0.1) is 12.6 Å². The van der Waals surface area contributed by atoms with Crippen LogP contribution in [0, 0.1) is 0 Å². The lowest BCUT2D eigenvalue weighted by Gasteiger charge is -2.15. The van der Waals surface area contributed by atoms with Crippen LogP contribution in [0.3, 0.4) is 0 Å². The molecule has 3 heteroatoms. The molecule has 0 aliphatic heterocycles. The van der Waals surface area contributed by atoms with Crippen molar-refractivity contribution in [1.82, 2.24) is 0 Å². The van der Waals surface area contributed by atoms with Crippen LogP contribution in [-0.2, 0) is 4.79 Å².